The van der Waals surface area contributed by atoms with E-state index >= 15 is 0 Å². The van der Waals surface area contributed by atoms with Crippen molar-refractivity contribution in [3.05, 3.63) is 0 Å². The number of nitrogens with one attached hydrogen (secondary N) is 1. The van der Waals surface area contributed by atoms with Crippen molar-refractivity contribution in [2.45, 2.75) is 175 Å². The number of carbonyl (C=O) groups excluding carboxylic acids is 1. The Hall–Kier alpha value is -0.610. The summed E-state index contributed by atoms with van der Waals surface area (Å²) in [5.74, 6) is 0.140. The van der Waals surface area contributed by atoms with Gasteiger partial charge in [0, 0.05) is 11.1 Å². The number of hydrogen-bond donors (Lipinski definition) is 1. The van der Waals surface area contributed by atoms with Gasteiger partial charge in [0.05, 0.1) is 12.5 Å². The summed E-state index contributed by atoms with van der Waals surface area (Å²) in [7, 11) is 0. The average molecular weight is 496 g/mol. The van der Waals surface area contributed by atoms with Gasteiger partial charge in [-0.3, -0.25) is 4.89 Å². The van der Waals surface area contributed by atoms with Gasteiger partial charge in [-0.25, -0.2) is 4.79 Å². The number of piperidine rings is 1. The number of carbonyl (C=O) groups is 1. The maximum Gasteiger partial charge on any atom is 0.345 e. The molecular formula is C31H61NO3. The Morgan fingerprint density at radius 1 is 0.714 bits per heavy atom. The lowest BCUT2D eigenvalue weighted by Gasteiger charge is -2.48. The van der Waals surface area contributed by atoms with E-state index < -0.39 is 0 Å². The molecule has 1 atom stereocenters. The van der Waals surface area contributed by atoms with Gasteiger partial charge < -0.3 is 5.32 Å². The zero-order chi connectivity index (χ0) is 26.0. The Morgan fingerprint density at radius 3 is 1.63 bits per heavy atom. The molecule has 0 aromatic rings. The Morgan fingerprint density at radius 2 is 1.14 bits per heavy atom. The Balaban J connectivity index is 2.41. The summed E-state index contributed by atoms with van der Waals surface area (Å²) in [4.78, 5) is 23.9. The lowest BCUT2D eigenvalue weighted by Crippen LogP contribution is -2.59. The quantitative estimate of drug-likeness (QED) is 0.0978. The van der Waals surface area contributed by atoms with Crippen LogP contribution in [0.25, 0.3) is 0 Å². The van der Waals surface area contributed by atoms with Gasteiger partial charge in [0.15, 0.2) is 0 Å². The minimum Gasteiger partial charge on any atom is -0.307 e. The van der Waals surface area contributed by atoms with E-state index in [2.05, 4.69) is 46.9 Å². The van der Waals surface area contributed by atoms with Crippen molar-refractivity contribution in [2.24, 2.45) is 11.8 Å². The van der Waals surface area contributed by atoms with Crippen LogP contribution < -0.4 is 5.32 Å². The van der Waals surface area contributed by atoms with Gasteiger partial charge in [-0.15, -0.1) is 0 Å². The fourth-order valence-corrected chi connectivity index (χ4v) is 6.19. The van der Waals surface area contributed by atoms with Crippen LogP contribution in [0.3, 0.4) is 0 Å². The Kier molecular flexibility index (Phi) is 17.2. The van der Waals surface area contributed by atoms with Gasteiger partial charge in [-0.2, -0.15) is 4.89 Å². The van der Waals surface area contributed by atoms with Crippen molar-refractivity contribution < 1.29 is 14.6 Å². The molecule has 1 fully saturated rings. The van der Waals surface area contributed by atoms with Gasteiger partial charge in [0.2, 0.25) is 0 Å². The molecule has 0 spiro atoms. The van der Waals surface area contributed by atoms with Crippen molar-refractivity contribution >= 4 is 5.97 Å². The molecular weight excluding hydrogens is 434 g/mol. The third-order valence-corrected chi connectivity index (χ3v) is 7.68. The van der Waals surface area contributed by atoms with Crippen molar-refractivity contribution in [3.63, 3.8) is 0 Å². The molecule has 4 heteroatoms. The largest absolute Gasteiger partial charge is 0.345 e. The zero-order valence-corrected chi connectivity index (χ0v) is 24.5. The average Bonchev–Trinajstić information content (AvgIpc) is 2.77. The van der Waals surface area contributed by atoms with Crippen molar-refractivity contribution in [3.8, 4) is 0 Å². The number of unbranched alkanes of at least 4 members (excludes halogenated alkanes) is 14. The van der Waals surface area contributed by atoms with Crippen LogP contribution in [0.2, 0.25) is 0 Å². The first-order valence-corrected chi connectivity index (χ1v) is 15.3. The van der Waals surface area contributed by atoms with E-state index in [1.165, 1.54) is 83.5 Å². The summed E-state index contributed by atoms with van der Waals surface area (Å²) in [6.07, 6.45) is 23.5. The van der Waals surface area contributed by atoms with E-state index in [9.17, 15) is 4.79 Å². The van der Waals surface area contributed by atoms with Gasteiger partial charge in [-0.1, -0.05) is 110 Å². The van der Waals surface area contributed by atoms with Crippen molar-refractivity contribution in [1.82, 2.24) is 5.32 Å². The van der Waals surface area contributed by atoms with E-state index in [1.807, 2.05) is 0 Å². The summed E-state index contributed by atoms with van der Waals surface area (Å²) in [6.45, 7) is 14.0. The van der Waals surface area contributed by atoms with Crippen LogP contribution in [0, 0.1) is 11.8 Å². The Labute approximate surface area is 219 Å². The monoisotopic (exact) mass is 495 g/mol. The second-order valence-electron chi connectivity index (χ2n) is 12.6. The fraction of sp³-hybridized carbons (Fsp3) is 0.968. The van der Waals surface area contributed by atoms with Crippen molar-refractivity contribution in [1.29, 1.82) is 0 Å². The van der Waals surface area contributed by atoms with Crippen LogP contribution in [-0.2, 0) is 14.6 Å². The van der Waals surface area contributed by atoms with Gasteiger partial charge >= 0.3 is 5.97 Å². The summed E-state index contributed by atoms with van der Waals surface area (Å²) in [5, 5.41) is 3.76. The first-order valence-electron chi connectivity index (χ1n) is 15.3. The normalized spacial score (nSPS) is 18.5. The summed E-state index contributed by atoms with van der Waals surface area (Å²) >= 11 is 0. The van der Waals surface area contributed by atoms with Gasteiger partial charge in [0.25, 0.3) is 0 Å². The SMILES string of the molecule is CCCCCCCCCCCCCCC(C(=O)OOCCCCCC)C1CC(C)(C)NC(C)(C)C1. The molecule has 0 bridgehead atoms. The van der Waals surface area contributed by atoms with Crippen LogP contribution in [0.5, 0.6) is 0 Å². The van der Waals surface area contributed by atoms with Crippen LogP contribution in [0.15, 0.2) is 0 Å². The minimum absolute atomic E-state index is 0.0303. The molecule has 1 saturated heterocycles. The zero-order valence-electron chi connectivity index (χ0n) is 24.5. The van der Waals surface area contributed by atoms with Crippen molar-refractivity contribution in [2.75, 3.05) is 6.61 Å². The fourth-order valence-electron chi connectivity index (χ4n) is 6.19. The molecule has 0 amide bonds. The summed E-state index contributed by atoms with van der Waals surface area (Å²) in [5.41, 5.74) is 0.0605. The molecule has 1 heterocycles. The lowest BCUT2D eigenvalue weighted by molar-refractivity contribution is -0.278. The van der Waals surface area contributed by atoms with Crippen LogP contribution in [0.1, 0.15) is 164 Å². The molecule has 1 unspecified atom stereocenters. The van der Waals surface area contributed by atoms with Crippen LogP contribution in [0.4, 0.5) is 0 Å². The number of hydrogen-bond acceptors (Lipinski definition) is 4. The van der Waals surface area contributed by atoms with E-state index in [-0.39, 0.29) is 23.0 Å². The molecule has 1 N–H and O–H groups in total. The standard InChI is InChI=1S/C31H61NO3/c1-7-9-11-13-14-15-16-17-18-19-20-21-23-28(29(33)35-34-24-22-12-10-8-2)27-25-30(3,4)32-31(5,6)26-27/h27-28,32H,7-26H2,1-6H3. The molecule has 4 nitrogen and oxygen atoms in total. The van der Waals surface area contributed by atoms with E-state index in [1.54, 1.807) is 0 Å². The molecule has 1 aliphatic rings. The first kappa shape index (κ1) is 32.4. The second-order valence-corrected chi connectivity index (χ2v) is 12.6. The third kappa shape index (κ3) is 16.0. The highest BCUT2D eigenvalue weighted by atomic mass is 17.2. The van der Waals surface area contributed by atoms with E-state index in [0.717, 1.165) is 38.5 Å². The molecule has 0 aromatic heterocycles. The molecule has 1 rings (SSSR count). The van der Waals surface area contributed by atoms with Crippen LogP contribution in [-0.4, -0.2) is 23.7 Å². The van der Waals surface area contributed by atoms with Crippen LogP contribution >= 0.6 is 0 Å². The molecule has 0 aliphatic carbocycles. The highest BCUT2D eigenvalue weighted by Gasteiger charge is 2.43. The molecule has 0 radical (unpaired) electrons. The van der Waals surface area contributed by atoms with E-state index in [0.29, 0.717) is 12.5 Å². The second kappa shape index (κ2) is 18.6. The lowest BCUT2D eigenvalue weighted by atomic mass is 9.69. The predicted octanol–water partition coefficient (Wildman–Crippen LogP) is 9.31. The molecule has 0 saturated carbocycles. The van der Waals surface area contributed by atoms with Gasteiger partial charge in [-0.05, 0) is 59.3 Å². The maximum atomic E-state index is 13.1. The summed E-state index contributed by atoms with van der Waals surface area (Å²) < 4.78 is 0. The molecule has 208 valence electrons. The third-order valence-electron chi connectivity index (χ3n) is 7.68. The topological polar surface area (TPSA) is 47.6 Å². The van der Waals surface area contributed by atoms with E-state index in [4.69, 9.17) is 9.78 Å². The predicted molar refractivity (Wildman–Crippen MR) is 149 cm³/mol. The van der Waals surface area contributed by atoms with Gasteiger partial charge in [0.1, 0.15) is 0 Å². The highest BCUT2D eigenvalue weighted by molar-refractivity contribution is 5.72. The number of rotatable bonds is 21. The molecule has 1 aliphatic heterocycles. The minimum atomic E-state index is -0.137. The maximum absolute atomic E-state index is 13.1. The molecule has 0 aromatic carbocycles. The first-order chi connectivity index (χ1) is 16.7. The highest BCUT2D eigenvalue weighted by Crippen LogP contribution is 2.39. The smallest absolute Gasteiger partial charge is 0.307 e. The molecule has 35 heavy (non-hydrogen) atoms. The summed E-state index contributed by atoms with van der Waals surface area (Å²) in [6, 6.07) is 0. The Bertz CT molecular complexity index is 515.